The molecule has 1 nitrogen and oxygen atoms in total. The Morgan fingerprint density at radius 2 is 1.93 bits per heavy atom. The van der Waals surface area contributed by atoms with Gasteiger partial charge in [0.2, 0.25) is 0 Å². The van der Waals surface area contributed by atoms with Gasteiger partial charge in [0.15, 0.2) is 6.17 Å². The van der Waals surface area contributed by atoms with E-state index in [1.54, 1.807) is 19.3 Å². The number of allylic oxidation sites excluding steroid dienone is 2. The third kappa shape index (κ3) is 1.87. The fourth-order valence-corrected chi connectivity index (χ4v) is 2.87. The van der Waals surface area contributed by atoms with Crippen LogP contribution in [0.15, 0.2) is 24.3 Å². The first-order valence-corrected chi connectivity index (χ1v) is 5.85. The van der Waals surface area contributed by atoms with Crippen LogP contribution in [-0.4, -0.2) is 18.9 Å². The van der Waals surface area contributed by atoms with Crippen molar-refractivity contribution in [3.8, 4) is 0 Å². The Morgan fingerprint density at radius 3 is 2.53 bits per heavy atom. The van der Waals surface area contributed by atoms with Crippen LogP contribution in [-0.2, 0) is 4.74 Å². The highest BCUT2D eigenvalue weighted by atomic mass is 19.1. The molecule has 2 heteroatoms. The van der Waals surface area contributed by atoms with Crippen LogP contribution < -0.4 is 0 Å². The predicted molar refractivity (Wildman–Crippen MR) is 59.5 cm³/mol. The summed E-state index contributed by atoms with van der Waals surface area (Å²) in [7, 11) is 1.63. The molecule has 0 radical (unpaired) electrons. The second kappa shape index (κ2) is 4.48. The van der Waals surface area contributed by atoms with Crippen molar-refractivity contribution in [2.45, 2.75) is 43.9 Å². The number of rotatable bonds is 2. The second-order valence-electron chi connectivity index (χ2n) is 4.54. The van der Waals surface area contributed by atoms with Crippen molar-refractivity contribution in [1.82, 2.24) is 0 Å². The molecular formula is C13H19FO. The van der Waals surface area contributed by atoms with Gasteiger partial charge in [-0.05, 0) is 30.9 Å². The molecule has 0 heterocycles. The molecule has 1 fully saturated rings. The molecule has 2 atom stereocenters. The van der Waals surface area contributed by atoms with E-state index in [2.05, 4.69) is 0 Å². The number of ether oxygens (including phenoxy) is 1. The fourth-order valence-electron chi connectivity index (χ4n) is 2.87. The van der Waals surface area contributed by atoms with E-state index in [0.29, 0.717) is 5.92 Å². The molecule has 0 aromatic heterocycles. The van der Waals surface area contributed by atoms with E-state index in [4.69, 9.17) is 4.74 Å². The van der Waals surface area contributed by atoms with Crippen LogP contribution in [0, 0.1) is 5.92 Å². The summed E-state index contributed by atoms with van der Waals surface area (Å²) in [5.74, 6) is 0.340. The number of alkyl halides is 1. The lowest BCUT2D eigenvalue weighted by Gasteiger charge is -2.41. The zero-order valence-corrected chi connectivity index (χ0v) is 9.29. The van der Waals surface area contributed by atoms with Crippen LogP contribution in [0.3, 0.4) is 0 Å². The number of hydrogen-bond donors (Lipinski definition) is 0. The minimum absolute atomic E-state index is 0.340. The van der Waals surface area contributed by atoms with Gasteiger partial charge in [-0.2, -0.15) is 0 Å². The molecule has 1 saturated carbocycles. The lowest BCUT2D eigenvalue weighted by Crippen LogP contribution is -2.47. The quantitative estimate of drug-likeness (QED) is 0.678. The Hall–Kier alpha value is -0.630. The van der Waals surface area contributed by atoms with Gasteiger partial charge < -0.3 is 4.74 Å². The number of halogens is 1. The molecule has 84 valence electrons. The van der Waals surface area contributed by atoms with Crippen molar-refractivity contribution in [1.29, 1.82) is 0 Å². The topological polar surface area (TPSA) is 9.23 Å². The molecule has 0 bridgehead atoms. The van der Waals surface area contributed by atoms with Gasteiger partial charge in [-0.1, -0.05) is 31.4 Å². The lowest BCUT2D eigenvalue weighted by atomic mass is 9.73. The summed E-state index contributed by atoms with van der Waals surface area (Å²) >= 11 is 0. The zero-order chi connectivity index (χ0) is 10.7. The minimum atomic E-state index is -0.990. The maximum Gasteiger partial charge on any atom is 0.151 e. The maximum absolute atomic E-state index is 14.0. The summed E-state index contributed by atoms with van der Waals surface area (Å²) < 4.78 is 19.5. The fraction of sp³-hybridized carbons (Fsp3) is 0.692. The Morgan fingerprint density at radius 1 is 1.20 bits per heavy atom. The molecular weight excluding hydrogens is 191 g/mol. The molecule has 0 aromatic carbocycles. The average Bonchev–Trinajstić information content (AvgIpc) is 2.31. The molecule has 2 aliphatic carbocycles. The Bertz CT molecular complexity index is 266. The van der Waals surface area contributed by atoms with Gasteiger partial charge in [-0.3, -0.25) is 0 Å². The highest BCUT2D eigenvalue weighted by Crippen LogP contribution is 2.40. The van der Waals surface area contributed by atoms with Crippen LogP contribution in [0.5, 0.6) is 0 Å². The van der Waals surface area contributed by atoms with E-state index in [1.165, 1.54) is 19.3 Å². The normalized spacial score (nSPS) is 37.1. The summed E-state index contributed by atoms with van der Waals surface area (Å²) in [6.45, 7) is 0. The molecule has 0 amide bonds. The molecule has 0 aliphatic heterocycles. The van der Waals surface area contributed by atoms with Crippen molar-refractivity contribution in [3.63, 3.8) is 0 Å². The highest BCUT2D eigenvalue weighted by Gasteiger charge is 2.44. The number of methoxy groups -OCH3 is 1. The lowest BCUT2D eigenvalue weighted by molar-refractivity contribution is -0.0707. The monoisotopic (exact) mass is 210 g/mol. The summed E-state index contributed by atoms with van der Waals surface area (Å²) in [5.41, 5.74) is -0.685. The van der Waals surface area contributed by atoms with Gasteiger partial charge in [0.25, 0.3) is 0 Å². The molecule has 0 aromatic rings. The summed E-state index contributed by atoms with van der Waals surface area (Å²) in [6.07, 6.45) is 12.1. The summed E-state index contributed by atoms with van der Waals surface area (Å²) in [6, 6.07) is 0. The first-order valence-electron chi connectivity index (χ1n) is 5.85. The SMILES string of the molecule is COC1(C2CCCCC2)C=CC=CC1F. The van der Waals surface area contributed by atoms with Gasteiger partial charge in [0.1, 0.15) is 5.60 Å². The molecule has 15 heavy (non-hydrogen) atoms. The summed E-state index contributed by atoms with van der Waals surface area (Å²) in [5, 5.41) is 0. The second-order valence-corrected chi connectivity index (χ2v) is 4.54. The van der Waals surface area contributed by atoms with Gasteiger partial charge in [0.05, 0.1) is 0 Å². The predicted octanol–water partition coefficient (Wildman–Crippen LogP) is 3.42. The number of hydrogen-bond acceptors (Lipinski definition) is 1. The Balaban J connectivity index is 2.19. The molecule has 2 rings (SSSR count). The van der Waals surface area contributed by atoms with E-state index in [1.807, 2.05) is 12.2 Å². The van der Waals surface area contributed by atoms with Gasteiger partial charge in [-0.15, -0.1) is 0 Å². The Kier molecular flexibility index (Phi) is 3.25. The largest absolute Gasteiger partial charge is 0.370 e. The first kappa shape index (κ1) is 10.9. The van der Waals surface area contributed by atoms with E-state index in [9.17, 15) is 4.39 Å². The van der Waals surface area contributed by atoms with Crippen molar-refractivity contribution in [2.75, 3.05) is 7.11 Å². The first-order chi connectivity index (χ1) is 7.29. The molecule has 0 saturated heterocycles. The van der Waals surface area contributed by atoms with Gasteiger partial charge >= 0.3 is 0 Å². The molecule has 0 spiro atoms. The van der Waals surface area contributed by atoms with E-state index >= 15 is 0 Å². The maximum atomic E-state index is 14.0. The van der Waals surface area contributed by atoms with Crippen LogP contribution in [0.2, 0.25) is 0 Å². The van der Waals surface area contributed by atoms with Crippen LogP contribution in [0.25, 0.3) is 0 Å². The van der Waals surface area contributed by atoms with Crippen LogP contribution in [0.4, 0.5) is 4.39 Å². The van der Waals surface area contributed by atoms with Gasteiger partial charge in [0, 0.05) is 7.11 Å². The van der Waals surface area contributed by atoms with Gasteiger partial charge in [-0.25, -0.2) is 4.39 Å². The molecule has 2 unspecified atom stereocenters. The van der Waals surface area contributed by atoms with E-state index < -0.39 is 11.8 Å². The standard InChI is InChI=1S/C13H19FO/c1-15-13(10-6-5-9-12(13)14)11-7-3-2-4-8-11/h5-6,9-12H,2-4,7-8H2,1H3. The van der Waals surface area contributed by atoms with Crippen molar-refractivity contribution < 1.29 is 9.13 Å². The van der Waals surface area contributed by atoms with Crippen LogP contribution >= 0.6 is 0 Å². The minimum Gasteiger partial charge on any atom is -0.370 e. The highest BCUT2D eigenvalue weighted by molar-refractivity contribution is 5.25. The summed E-state index contributed by atoms with van der Waals surface area (Å²) in [4.78, 5) is 0. The molecule has 0 N–H and O–H groups in total. The average molecular weight is 210 g/mol. The van der Waals surface area contributed by atoms with Crippen molar-refractivity contribution in [3.05, 3.63) is 24.3 Å². The van der Waals surface area contributed by atoms with E-state index in [0.717, 1.165) is 12.8 Å². The van der Waals surface area contributed by atoms with Crippen molar-refractivity contribution in [2.24, 2.45) is 5.92 Å². The Labute approximate surface area is 91.0 Å². The third-order valence-electron chi connectivity index (χ3n) is 3.78. The van der Waals surface area contributed by atoms with Crippen molar-refractivity contribution >= 4 is 0 Å². The third-order valence-corrected chi connectivity index (χ3v) is 3.78. The smallest absolute Gasteiger partial charge is 0.151 e. The zero-order valence-electron chi connectivity index (χ0n) is 9.29. The van der Waals surface area contributed by atoms with Crippen LogP contribution in [0.1, 0.15) is 32.1 Å². The van der Waals surface area contributed by atoms with E-state index in [-0.39, 0.29) is 0 Å². The molecule has 2 aliphatic rings.